The second kappa shape index (κ2) is 7.52. The van der Waals surface area contributed by atoms with Crippen LogP contribution in [0.25, 0.3) is 5.57 Å². The summed E-state index contributed by atoms with van der Waals surface area (Å²) in [7, 11) is -2.73. The number of thiol groups is 1. The van der Waals surface area contributed by atoms with Gasteiger partial charge in [0.2, 0.25) is 0 Å². The summed E-state index contributed by atoms with van der Waals surface area (Å²) in [6.07, 6.45) is 3.76. The average Bonchev–Trinajstić information content (AvgIpc) is 2.45. The predicted octanol–water partition coefficient (Wildman–Crippen LogP) is 1.85. The molecule has 20 heavy (non-hydrogen) atoms. The van der Waals surface area contributed by atoms with Gasteiger partial charge in [-0.25, -0.2) is 12.8 Å². The Bertz CT molecular complexity index is 532. The molecule has 6 heteroatoms. The lowest BCUT2D eigenvalue weighted by Crippen LogP contribution is -2.30. The van der Waals surface area contributed by atoms with Gasteiger partial charge in [0.25, 0.3) is 11.0 Å². The Morgan fingerprint density at radius 2 is 2.00 bits per heavy atom. The smallest absolute Gasteiger partial charge is 0.257 e. The molecule has 0 aromatic heterocycles. The number of benzene rings is 1. The lowest BCUT2D eigenvalue weighted by atomic mass is 9.99. The van der Waals surface area contributed by atoms with Crippen molar-refractivity contribution in [3.05, 3.63) is 41.7 Å². The van der Waals surface area contributed by atoms with Gasteiger partial charge >= 0.3 is 0 Å². The van der Waals surface area contributed by atoms with Crippen LogP contribution in [0.3, 0.4) is 0 Å². The second-order valence-corrected chi connectivity index (χ2v) is 5.40. The Labute approximate surface area is 120 Å². The maximum atomic E-state index is 12.9. The Hall–Kier alpha value is -1.24. The molecule has 0 aliphatic carbocycles. The minimum Gasteiger partial charge on any atom is -0.299 e. The van der Waals surface area contributed by atoms with Crippen LogP contribution in [0.2, 0.25) is 0 Å². The van der Waals surface area contributed by atoms with E-state index in [2.05, 4.69) is 15.2 Å². The molecule has 0 radical (unpaired) electrons. The molecule has 0 unspecified atom stereocenters. The Balaban J connectivity index is 1.79. The summed E-state index contributed by atoms with van der Waals surface area (Å²) in [6.45, 7) is 2.81. The van der Waals surface area contributed by atoms with E-state index in [1.54, 1.807) is 12.1 Å². The van der Waals surface area contributed by atoms with Crippen molar-refractivity contribution in [1.29, 1.82) is 0 Å². The fourth-order valence-corrected chi connectivity index (χ4v) is 2.55. The highest BCUT2D eigenvalue weighted by molar-refractivity contribution is 7.67. The molecule has 0 bridgehead atoms. The average molecular weight is 299 g/mol. The molecule has 4 nitrogen and oxygen atoms in total. The van der Waals surface area contributed by atoms with Gasteiger partial charge in [0.15, 0.2) is 0 Å². The maximum absolute atomic E-state index is 12.9. The summed E-state index contributed by atoms with van der Waals surface area (Å²) in [5, 5.41) is 0. The van der Waals surface area contributed by atoms with Gasteiger partial charge in [-0.15, -0.1) is 0 Å². The van der Waals surface area contributed by atoms with Gasteiger partial charge in [0, 0.05) is 19.6 Å². The molecule has 0 amide bonds. The standard InChI is InChI=1S/C14H18FNO3S/c15-14-4-2-12(3-5-14)13-6-9-16(10-7-13)8-1-11-19-20(17)18/h2-6,20H,1,7-11H2. The molecule has 1 aliphatic heterocycles. The molecule has 0 atom stereocenters. The maximum Gasteiger partial charge on any atom is 0.257 e. The summed E-state index contributed by atoms with van der Waals surface area (Å²) in [6, 6.07) is 6.55. The predicted molar refractivity (Wildman–Crippen MR) is 76.3 cm³/mol. The van der Waals surface area contributed by atoms with Crippen molar-refractivity contribution in [3.8, 4) is 0 Å². The van der Waals surface area contributed by atoms with Crippen molar-refractivity contribution < 1.29 is 17.0 Å². The number of hydrogen-bond acceptors (Lipinski definition) is 4. The van der Waals surface area contributed by atoms with Crippen LogP contribution in [0.15, 0.2) is 30.3 Å². The number of halogens is 1. The molecule has 0 saturated heterocycles. The summed E-state index contributed by atoms with van der Waals surface area (Å²) < 4.78 is 37.9. The Kier molecular flexibility index (Phi) is 5.70. The van der Waals surface area contributed by atoms with Gasteiger partial charge < -0.3 is 0 Å². The molecule has 1 aromatic rings. The minimum absolute atomic E-state index is 0.219. The zero-order chi connectivity index (χ0) is 14.4. The lowest BCUT2D eigenvalue weighted by molar-refractivity contribution is 0.256. The molecule has 0 spiro atoms. The lowest BCUT2D eigenvalue weighted by Gasteiger charge is -2.26. The summed E-state index contributed by atoms with van der Waals surface area (Å²) >= 11 is 0. The first-order chi connectivity index (χ1) is 9.65. The number of nitrogens with zero attached hydrogens (tertiary/aromatic N) is 1. The third-order valence-corrected chi connectivity index (χ3v) is 3.72. The third kappa shape index (κ3) is 4.70. The highest BCUT2D eigenvalue weighted by Gasteiger charge is 2.12. The van der Waals surface area contributed by atoms with E-state index in [4.69, 9.17) is 0 Å². The molecule has 110 valence electrons. The van der Waals surface area contributed by atoms with Gasteiger partial charge in [-0.1, -0.05) is 18.2 Å². The van der Waals surface area contributed by atoms with Gasteiger partial charge in [0.05, 0.1) is 6.61 Å². The van der Waals surface area contributed by atoms with Crippen LogP contribution in [0.5, 0.6) is 0 Å². The van der Waals surface area contributed by atoms with E-state index in [0.29, 0.717) is 6.42 Å². The first kappa shape index (κ1) is 15.2. The fraction of sp³-hybridized carbons (Fsp3) is 0.429. The van der Waals surface area contributed by atoms with Crippen molar-refractivity contribution in [2.75, 3.05) is 26.2 Å². The van der Waals surface area contributed by atoms with Crippen molar-refractivity contribution in [3.63, 3.8) is 0 Å². The molecule has 2 rings (SSSR count). The highest BCUT2D eigenvalue weighted by atomic mass is 32.2. The van der Waals surface area contributed by atoms with Crippen molar-refractivity contribution in [1.82, 2.24) is 4.90 Å². The van der Waals surface area contributed by atoms with E-state index < -0.39 is 11.0 Å². The van der Waals surface area contributed by atoms with Crippen LogP contribution < -0.4 is 0 Å². The zero-order valence-electron chi connectivity index (χ0n) is 11.1. The zero-order valence-corrected chi connectivity index (χ0v) is 12.0. The number of hydrogen-bond donors (Lipinski definition) is 1. The van der Waals surface area contributed by atoms with E-state index in [1.165, 1.54) is 17.7 Å². The van der Waals surface area contributed by atoms with Crippen LogP contribution in [0.1, 0.15) is 18.4 Å². The summed E-state index contributed by atoms with van der Waals surface area (Å²) in [5.74, 6) is -0.219. The molecule has 0 N–H and O–H groups in total. The normalized spacial score (nSPS) is 16.4. The van der Waals surface area contributed by atoms with Gasteiger partial charge in [-0.05, 0) is 36.1 Å². The van der Waals surface area contributed by atoms with Crippen molar-refractivity contribution >= 4 is 16.6 Å². The molecule has 0 fully saturated rings. The largest absolute Gasteiger partial charge is 0.299 e. The molecule has 1 heterocycles. The van der Waals surface area contributed by atoms with Crippen LogP contribution in [0.4, 0.5) is 4.39 Å². The first-order valence-corrected chi connectivity index (χ1v) is 7.69. The number of rotatable bonds is 6. The van der Waals surface area contributed by atoms with Crippen LogP contribution in [-0.2, 0) is 15.2 Å². The quantitative estimate of drug-likeness (QED) is 0.643. The van der Waals surface area contributed by atoms with E-state index in [0.717, 1.165) is 31.6 Å². The molecule has 0 saturated carbocycles. The fourth-order valence-electron chi connectivity index (χ4n) is 2.27. The third-order valence-electron chi connectivity index (χ3n) is 3.32. The summed E-state index contributed by atoms with van der Waals surface area (Å²) in [5.41, 5.74) is 2.30. The molecule has 1 aromatic carbocycles. The second-order valence-electron chi connectivity index (χ2n) is 4.70. The van der Waals surface area contributed by atoms with Crippen LogP contribution in [-0.4, -0.2) is 39.6 Å². The van der Waals surface area contributed by atoms with Crippen LogP contribution in [0, 0.1) is 5.82 Å². The van der Waals surface area contributed by atoms with E-state index >= 15 is 0 Å². The van der Waals surface area contributed by atoms with E-state index in [-0.39, 0.29) is 12.4 Å². The first-order valence-electron chi connectivity index (χ1n) is 6.60. The summed E-state index contributed by atoms with van der Waals surface area (Å²) in [4.78, 5) is 2.24. The monoisotopic (exact) mass is 299 g/mol. The Morgan fingerprint density at radius 3 is 2.60 bits per heavy atom. The van der Waals surface area contributed by atoms with Gasteiger partial charge in [-0.3, -0.25) is 9.08 Å². The van der Waals surface area contributed by atoms with Gasteiger partial charge in [-0.2, -0.15) is 0 Å². The van der Waals surface area contributed by atoms with E-state index in [1.807, 2.05) is 0 Å². The van der Waals surface area contributed by atoms with Crippen molar-refractivity contribution in [2.45, 2.75) is 12.8 Å². The van der Waals surface area contributed by atoms with E-state index in [9.17, 15) is 12.8 Å². The molecule has 1 aliphatic rings. The minimum atomic E-state index is -2.73. The van der Waals surface area contributed by atoms with Crippen molar-refractivity contribution in [2.24, 2.45) is 0 Å². The Morgan fingerprint density at radius 1 is 1.25 bits per heavy atom. The topological polar surface area (TPSA) is 46.6 Å². The molecular formula is C14H18FNO3S. The SMILES string of the molecule is O=[SH](=O)OCCCN1CC=C(c2ccc(F)cc2)CC1. The van der Waals surface area contributed by atoms with Gasteiger partial charge in [0.1, 0.15) is 5.82 Å². The van der Waals surface area contributed by atoms with Crippen LogP contribution >= 0.6 is 0 Å². The molecular weight excluding hydrogens is 281 g/mol. The highest BCUT2D eigenvalue weighted by Crippen LogP contribution is 2.22.